The minimum atomic E-state index is -1.12. The van der Waals surface area contributed by atoms with Crippen molar-refractivity contribution in [3.8, 4) is 0 Å². The van der Waals surface area contributed by atoms with Crippen molar-refractivity contribution in [3.05, 3.63) is 0 Å². The first-order valence-corrected chi connectivity index (χ1v) is 8.42. The van der Waals surface area contributed by atoms with Crippen LogP contribution in [0.3, 0.4) is 0 Å². The lowest BCUT2D eigenvalue weighted by atomic mass is 10.1. The summed E-state index contributed by atoms with van der Waals surface area (Å²) in [4.78, 5) is 34.6. The first-order valence-electron chi connectivity index (χ1n) is 8.42. The van der Waals surface area contributed by atoms with Crippen molar-refractivity contribution in [2.24, 2.45) is 0 Å². The van der Waals surface area contributed by atoms with Crippen LogP contribution in [0.4, 0.5) is 0 Å². The average Bonchev–Trinajstić information content (AvgIpc) is 2.51. The van der Waals surface area contributed by atoms with Crippen molar-refractivity contribution >= 4 is 17.8 Å². The molecule has 0 bridgehead atoms. The Morgan fingerprint density at radius 2 is 1.75 bits per heavy atom. The average molecular weight is 346 g/mol. The van der Waals surface area contributed by atoms with E-state index in [0.29, 0.717) is 13.0 Å². The van der Waals surface area contributed by atoms with Crippen molar-refractivity contribution in [2.45, 2.75) is 58.6 Å². The Hall–Kier alpha value is -1.67. The Kier molecular flexibility index (Phi) is 12.8. The van der Waals surface area contributed by atoms with Crippen LogP contribution in [-0.2, 0) is 19.1 Å². The maximum absolute atomic E-state index is 11.7. The van der Waals surface area contributed by atoms with E-state index in [-0.39, 0.29) is 19.0 Å². The number of carbonyl (C=O) groups excluding carboxylic acids is 1. The maximum atomic E-state index is 11.7. The number of carbonyl (C=O) groups is 3. The fraction of sp³-hybridized carbons (Fsp3) is 0.812. The zero-order valence-electron chi connectivity index (χ0n) is 14.6. The lowest BCUT2D eigenvalue weighted by molar-refractivity contribution is -0.151. The van der Waals surface area contributed by atoms with Crippen LogP contribution in [0.2, 0.25) is 0 Å². The highest BCUT2D eigenvalue weighted by molar-refractivity contribution is 5.75. The molecular weight excluding hydrogens is 316 g/mol. The van der Waals surface area contributed by atoms with E-state index in [9.17, 15) is 14.4 Å². The molecule has 0 fully saturated rings. The van der Waals surface area contributed by atoms with Crippen LogP contribution in [-0.4, -0.2) is 65.4 Å². The standard InChI is InChI=1S/C16H30N2O6/c1-3-4-5-6-7-8-14(19)17-9-10-18(11-15(20)21)13(2)24-12-16(22)23/h13H,3-12H2,1-2H3,(H,17,19)(H,20,21)(H,22,23). The van der Waals surface area contributed by atoms with Gasteiger partial charge in [0, 0.05) is 19.5 Å². The summed E-state index contributed by atoms with van der Waals surface area (Å²) in [6, 6.07) is 0. The lowest BCUT2D eigenvalue weighted by Gasteiger charge is -2.27. The molecule has 0 spiro atoms. The normalized spacial score (nSPS) is 12.1. The molecule has 1 amide bonds. The summed E-state index contributed by atoms with van der Waals surface area (Å²) in [5, 5.41) is 20.3. The van der Waals surface area contributed by atoms with Gasteiger partial charge in [0.15, 0.2) is 0 Å². The summed E-state index contributed by atoms with van der Waals surface area (Å²) >= 11 is 0. The Morgan fingerprint density at radius 3 is 2.33 bits per heavy atom. The second-order valence-electron chi connectivity index (χ2n) is 5.68. The zero-order valence-corrected chi connectivity index (χ0v) is 14.6. The summed E-state index contributed by atoms with van der Waals surface area (Å²) < 4.78 is 5.08. The van der Waals surface area contributed by atoms with Crippen LogP contribution in [0.15, 0.2) is 0 Å². The summed E-state index contributed by atoms with van der Waals surface area (Å²) in [5.41, 5.74) is 0. The molecule has 24 heavy (non-hydrogen) atoms. The smallest absolute Gasteiger partial charge is 0.329 e. The van der Waals surface area contributed by atoms with Gasteiger partial charge in [-0.1, -0.05) is 32.6 Å². The number of nitrogens with zero attached hydrogens (tertiary/aromatic N) is 1. The topological polar surface area (TPSA) is 116 Å². The van der Waals surface area contributed by atoms with E-state index in [4.69, 9.17) is 14.9 Å². The molecule has 0 radical (unpaired) electrons. The number of carboxylic acid groups (broad SMARTS) is 2. The van der Waals surface area contributed by atoms with Gasteiger partial charge in [-0.05, 0) is 13.3 Å². The highest BCUT2D eigenvalue weighted by Gasteiger charge is 2.18. The molecule has 0 aromatic rings. The fourth-order valence-corrected chi connectivity index (χ4v) is 2.18. The second-order valence-corrected chi connectivity index (χ2v) is 5.68. The van der Waals surface area contributed by atoms with Gasteiger partial charge in [-0.3, -0.25) is 14.5 Å². The molecule has 8 nitrogen and oxygen atoms in total. The van der Waals surface area contributed by atoms with Crippen molar-refractivity contribution in [2.75, 3.05) is 26.2 Å². The van der Waals surface area contributed by atoms with Gasteiger partial charge >= 0.3 is 11.9 Å². The van der Waals surface area contributed by atoms with Gasteiger partial charge < -0.3 is 20.3 Å². The zero-order chi connectivity index (χ0) is 18.4. The van der Waals surface area contributed by atoms with E-state index < -0.39 is 24.8 Å². The Labute approximate surface area is 143 Å². The molecule has 1 atom stereocenters. The summed E-state index contributed by atoms with van der Waals surface area (Å²) in [6.45, 7) is 3.50. The molecule has 1 unspecified atom stereocenters. The molecule has 0 aromatic heterocycles. The first-order chi connectivity index (χ1) is 11.4. The van der Waals surface area contributed by atoms with Crippen LogP contribution in [0.5, 0.6) is 0 Å². The number of unbranched alkanes of at least 4 members (excludes halogenated alkanes) is 4. The van der Waals surface area contributed by atoms with Crippen LogP contribution < -0.4 is 5.32 Å². The quantitative estimate of drug-likeness (QED) is 0.302. The number of hydrogen-bond donors (Lipinski definition) is 3. The Bertz CT molecular complexity index is 389. The van der Waals surface area contributed by atoms with Gasteiger partial charge in [-0.15, -0.1) is 0 Å². The highest BCUT2D eigenvalue weighted by Crippen LogP contribution is 2.05. The minimum absolute atomic E-state index is 0.0547. The SMILES string of the molecule is CCCCCCCC(=O)NCCN(CC(=O)O)C(C)OCC(=O)O. The van der Waals surface area contributed by atoms with E-state index in [1.165, 1.54) is 11.3 Å². The maximum Gasteiger partial charge on any atom is 0.329 e. The van der Waals surface area contributed by atoms with Gasteiger partial charge in [0.05, 0.1) is 6.54 Å². The summed E-state index contributed by atoms with van der Waals surface area (Å²) in [7, 11) is 0. The number of rotatable bonds is 15. The molecule has 0 aliphatic heterocycles. The van der Waals surface area contributed by atoms with Crippen molar-refractivity contribution in [1.82, 2.24) is 10.2 Å². The van der Waals surface area contributed by atoms with Crippen LogP contribution >= 0.6 is 0 Å². The second kappa shape index (κ2) is 13.7. The van der Waals surface area contributed by atoms with E-state index in [0.717, 1.165) is 25.7 Å². The minimum Gasteiger partial charge on any atom is -0.480 e. The van der Waals surface area contributed by atoms with Crippen molar-refractivity contribution in [1.29, 1.82) is 0 Å². The molecule has 8 heteroatoms. The summed E-state index contributed by atoms with van der Waals surface area (Å²) in [6.07, 6.45) is 5.16. The summed E-state index contributed by atoms with van der Waals surface area (Å²) in [5.74, 6) is -2.21. The molecule has 0 aromatic carbocycles. The molecule has 3 N–H and O–H groups in total. The lowest BCUT2D eigenvalue weighted by Crippen LogP contribution is -2.44. The van der Waals surface area contributed by atoms with Gasteiger partial charge in [0.1, 0.15) is 12.8 Å². The number of hydrogen-bond acceptors (Lipinski definition) is 5. The van der Waals surface area contributed by atoms with E-state index in [1.54, 1.807) is 6.92 Å². The Balaban J connectivity index is 4.05. The number of aliphatic carboxylic acids is 2. The molecule has 0 aliphatic carbocycles. The molecular formula is C16H30N2O6. The molecule has 0 saturated carbocycles. The van der Waals surface area contributed by atoms with Gasteiger partial charge in [-0.2, -0.15) is 0 Å². The molecule has 140 valence electrons. The van der Waals surface area contributed by atoms with Gasteiger partial charge in [-0.25, -0.2) is 4.79 Å². The molecule has 0 aliphatic rings. The van der Waals surface area contributed by atoms with Gasteiger partial charge in [0.25, 0.3) is 0 Å². The third-order valence-corrected chi connectivity index (χ3v) is 3.53. The van der Waals surface area contributed by atoms with Gasteiger partial charge in [0.2, 0.25) is 5.91 Å². The number of nitrogens with one attached hydrogen (secondary N) is 1. The first kappa shape index (κ1) is 22.3. The third-order valence-electron chi connectivity index (χ3n) is 3.53. The van der Waals surface area contributed by atoms with E-state index >= 15 is 0 Å². The molecule has 0 saturated heterocycles. The van der Waals surface area contributed by atoms with Crippen LogP contribution in [0.25, 0.3) is 0 Å². The predicted molar refractivity (Wildman–Crippen MR) is 88.6 cm³/mol. The van der Waals surface area contributed by atoms with Crippen LogP contribution in [0, 0.1) is 0 Å². The third kappa shape index (κ3) is 12.8. The largest absolute Gasteiger partial charge is 0.480 e. The van der Waals surface area contributed by atoms with E-state index in [2.05, 4.69) is 12.2 Å². The van der Waals surface area contributed by atoms with Crippen LogP contribution in [0.1, 0.15) is 52.4 Å². The Morgan fingerprint density at radius 1 is 1.08 bits per heavy atom. The predicted octanol–water partition coefficient (Wildman–Crippen LogP) is 1.30. The number of carboxylic acids is 2. The number of ether oxygens (including phenoxy) is 1. The van der Waals surface area contributed by atoms with E-state index in [1.807, 2.05) is 0 Å². The highest BCUT2D eigenvalue weighted by atomic mass is 16.5. The monoisotopic (exact) mass is 346 g/mol. The fourth-order valence-electron chi connectivity index (χ4n) is 2.18. The molecule has 0 rings (SSSR count). The number of amides is 1. The van der Waals surface area contributed by atoms with Crippen molar-refractivity contribution in [3.63, 3.8) is 0 Å². The van der Waals surface area contributed by atoms with Crippen molar-refractivity contribution < 1.29 is 29.3 Å². The molecule has 0 heterocycles.